The van der Waals surface area contributed by atoms with Gasteiger partial charge in [-0.15, -0.1) is 0 Å². The Morgan fingerprint density at radius 3 is 2.63 bits per heavy atom. The molecular weight excluding hydrogens is 413 g/mol. The van der Waals surface area contributed by atoms with Gasteiger partial charge in [-0.05, 0) is 0 Å². The lowest BCUT2D eigenvalue weighted by Crippen LogP contribution is -2.43. The van der Waals surface area contributed by atoms with Crippen LogP contribution in [0.3, 0.4) is 0 Å². The predicted octanol–water partition coefficient (Wildman–Crippen LogP) is -1.52. The molecule has 0 amide bonds. The zero-order valence-electron chi connectivity index (χ0n) is 16.3. The van der Waals surface area contributed by atoms with Crippen LogP contribution in [0.2, 0.25) is 0 Å². The topological polar surface area (TPSA) is 167 Å². The van der Waals surface area contributed by atoms with Crippen LogP contribution < -0.4 is 19.9 Å². The van der Waals surface area contributed by atoms with Crippen LogP contribution in [-0.2, 0) is 9.30 Å². The van der Waals surface area contributed by atoms with Gasteiger partial charge in [0, 0.05) is 31.9 Å². The largest absolute Gasteiger partial charge is 0.746 e. The van der Waals surface area contributed by atoms with E-state index in [1.165, 1.54) is 29.6 Å². The molecule has 160 valence electrons. The Kier molecular flexibility index (Phi) is 5.20. The highest BCUT2D eigenvalue weighted by Gasteiger charge is 2.46. The molecule has 1 saturated heterocycles. The summed E-state index contributed by atoms with van der Waals surface area (Å²) in [6, 6.07) is 3.33. The first kappa shape index (κ1) is 20.6. The Bertz CT molecular complexity index is 1110. The summed E-state index contributed by atoms with van der Waals surface area (Å²) in [7, 11) is -0.493. The SMILES string of the molecule is CN(C)c1cc[n+](P(=O)([O-])C[C@H]2O[C@@H](n3cnc4c(N)ncnc43)[C@H](O)[C@@H]2O)cc1. The van der Waals surface area contributed by atoms with Crippen LogP contribution in [-0.4, -0.2) is 68.3 Å². The maximum Gasteiger partial charge on any atom is 0.268 e. The summed E-state index contributed by atoms with van der Waals surface area (Å²) < 4.78 is 21.0. The fourth-order valence-electron chi connectivity index (χ4n) is 3.40. The van der Waals surface area contributed by atoms with Crippen molar-refractivity contribution < 1.29 is 28.7 Å². The molecule has 1 unspecified atom stereocenters. The van der Waals surface area contributed by atoms with Crippen molar-refractivity contribution >= 4 is 30.2 Å². The molecule has 1 fully saturated rings. The van der Waals surface area contributed by atoms with Crippen LogP contribution in [0, 0.1) is 0 Å². The number of hydrogen-bond acceptors (Lipinski definition) is 10. The van der Waals surface area contributed by atoms with E-state index >= 15 is 0 Å². The molecule has 0 aliphatic carbocycles. The summed E-state index contributed by atoms with van der Waals surface area (Å²) in [6.07, 6.45) is -0.0770. The van der Waals surface area contributed by atoms with Crippen LogP contribution in [0.4, 0.5) is 11.5 Å². The standard InChI is InChI=1S/C17H22N7O5P/c1-22(2)10-3-5-23(6-4-10)30(27,28)7-11-13(25)14(26)17(29-11)24-9-21-12-15(18)19-8-20-16(12)24/h3-6,8-9,11,13-14,17,25-26H,7H2,1-2H3,(H2-,18,19,20,27,28)/t11-,13-,14-,17-/m1/s1. The molecule has 0 spiro atoms. The molecule has 30 heavy (non-hydrogen) atoms. The normalized spacial score (nSPS) is 26.0. The minimum absolute atomic E-state index is 0.157. The fourth-order valence-corrected chi connectivity index (χ4v) is 4.88. The van der Waals surface area contributed by atoms with Crippen LogP contribution in [0.5, 0.6) is 0 Å². The number of hydrogen-bond donors (Lipinski definition) is 3. The number of aromatic nitrogens is 5. The quantitative estimate of drug-likeness (QED) is 0.401. The number of fused-ring (bicyclic) bond motifs is 1. The van der Waals surface area contributed by atoms with Gasteiger partial charge in [0.25, 0.3) is 7.52 Å². The monoisotopic (exact) mass is 435 g/mol. The molecule has 0 aromatic carbocycles. The van der Waals surface area contributed by atoms with Gasteiger partial charge in [0.2, 0.25) is 0 Å². The third kappa shape index (κ3) is 3.53. The van der Waals surface area contributed by atoms with E-state index in [1.54, 1.807) is 12.1 Å². The summed E-state index contributed by atoms with van der Waals surface area (Å²) in [4.78, 5) is 26.7. The molecule has 3 aromatic rings. The average molecular weight is 435 g/mol. The Morgan fingerprint density at radius 1 is 1.27 bits per heavy atom. The molecular formula is C17H22N7O5P. The van der Waals surface area contributed by atoms with E-state index in [4.69, 9.17) is 10.5 Å². The Hall–Kier alpha value is -2.63. The first-order valence-corrected chi connectivity index (χ1v) is 10.9. The average Bonchev–Trinajstić information content (AvgIpc) is 3.25. The number of ether oxygens (including phenoxy) is 1. The van der Waals surface area contributed by atoms with Crippen molar-refractivity contribution in [2.75, 3.05) is 30.9 Å². The van der Waals surface area contributed by atoms with Gasteiger partial charge >= 0.3 is 0 Å². The van der Waals surface area contributed by atoms with E-state index < -0.39 is 38.2 Å². The van der Waals surface area contributed by atoms with Crippen molar-refractivity contribution in [3.63, 3.8) is 0 Å². The lowest BCUT2D eigenvalue weighted by atomic mass is 10.1. The fraction of sp³-hybridized carbons (Fsp3) is 0.412. The second-order valence-corrected chi connectivity index (χ2v) is 9.38. The molecule has 5 atom stereocenters. The summed E-state index contributed by atoms with van der Waals surface area (Å²) in [5.74, 6) is 0.157. The smallest absolute Gasteiger partial charge is 0.268 e. The third-order valence-electron chi connectivity index (χ3n) is 5.07. The molecule has 4 N–H and O–H groups in total. The number of nitrogens with two attached hydrogens (primary N) is 1. The van der Waals surface area contributed by atoms with E-state index in [2.05, 4.69) is 15.0 Å². The molecule has 4 heterocycles. The number of anilines is 2. The molecule has 1 aliphatic rings. The zero-order chi connectivity index (χ0) is 21.6. The van der Waals surface area contributed by atoms with E-state index in [0.717, 1.165) is 10.0 Å². The second-order valence-electron chi connectivity index (χ2n) is 7.28. The first-order valence-electron chi connectivity index (χ1n) is 9.13. The second kappa shape index (κ2) is 7.56. The van der Waals surface area contributed by atoms with Crippen LogP contribution in [0.25, 0.3) is 11.2 Å². The Morgan fingerprint density at radius 2 is 1.97 bits per heavy atom. The van der Waals surface area contributed by atoms with Gasteiger partial charge in [0.15, 0.2) is 30.1 Å². The third-order valence-corrected chi connectivity index (χ3v) is 6.87. The van der Waals surface area contributed by atoms with Gasteiger partial charge in [-0.25, -0.2) is 15.0 Å². The molecule has 12 nitrogen and oxygen atoms in total. The molecule has 3 aromatic heterocycles. The molecule has 0 saturated carbocycles. The number of aliphatic hydroxyl groups is 2. The molecule has 13 heteroatoms. The van der Waals surface area contributed by atoms with E-state index in [1.807, 2.05) is 19.0 Å². The van der Waals surface area contributed by atoms with Gasteiger partial charge in [0.05, 0.1) is 12.5 Å². The molecule has 1 aliphatic heterocycles. The Balaban J connectivity index is 1.57. The van der Waals surface area contributed by atoms with Gasteiger partial charge in [-0.3, -0.25) is 9.13 Å². The van der Waals surface area contributed by atoms with Crippen molar-refractivity contribution in [3.8, 4) is 0 Å². The summed E-state index contributed by atoms with van der Waals surface area (Å²) in [5.41, 5.74) is 7.23. The van der Waals surface area contributed by atoms with E-state index in [-0.39, 0.29) is 5.82 Å². The van der Waals surface area contributed by atoms with Gasteiger partial charge in [-0.1, -0.05) is 0 Å². The summed E-state index contributed by atoms with van der Waals surface area (Å²) >= 11 is 0. The maximum absolute atomic E-state index is 12.8. The maximum atomic E-state index is 12.8. The van der Waals surface area contributed by atoms with E-state index in [9.17, 15) is 19.7 Å². The number of imidazole rings is 1. The van der Waals surface area contributed by atoms with Crippen LogP contribution in [0.1, 0.15) is 6.23 Å². The van der Waals surface area contributed by atoms with Crippen molar-refractivity contribution in [1.82, 2.24) is 19.5 Å². The predicted molar refractivity (Wildman–Crippen MR) is 104 cm³/mol. The number of rotatable bonds is 5. The number of nitrogen functional groups attached to an aromatic ring is 1. The van der Waals surface area contributed by atoms with Gasteiger partial charge < -0.3 is 30.5 Å². The number of nitrogens with zero attached hydrogens (tertiary/aromatic N) is 6. The highest BCUT2D eigenvalue weighted by Crippen LogP contribution is 2.39. The van der Waals surface area contributed by atoms with Crippen molar-refractivity contribution in [2.24, 2.45) is 0 Å². The lowest BCUT2D eigenvalue weighted by molar-refractivity contribution is -0.559. The summed E-state index contributed by atoms with van der Waals surface area (Å²) in [5, 5.41) is 20.9. The minimum atomic E-state index is -4.19. The van der Waals surface area contributed by atoms with Crippen molar-refractivity contribution in [1.29, 1.82) is 0 Å². The highest BCUT2D eigenvalue weighted by molar-refractivity contribution is 7.49. The van der Waals surface area contributed by atoms with Crippen molar-refractivity contribution in [3.05, 3.63) is 37.2 Å². The Labute approximate surface area is 171 Å². The van der Waals surface area contributed by atoms with Crippen LogP contribution >= 0.6 is 7.52 Å². The summed E-state index contributed by atoms with van der Waals surface area (Å²) in [6.45, 7) is 0. The number of pyridine rings is 1. The molecule has 0 radical (unpaired) electrons. The van der Waals surface area contributed by atoms with Crippen molar-refractivity contribution in [2.45, 2.75) is 24.5 Å². The zero-order valence-corrected chi connectivity index (χ0v) is 17.2. The lowest BCUT2D eigenvalue weighted by Gasteiger charge is -2.22. The first-order chi connectivity index (χ1) is 14.2. The van der Waals surface area contributed by atoms with Gasteiger partial charge in [-0.2, -0.15) is 4.34 Å². The van der Waals surface area contributed by atoms with Crippen LogP contribution in [0.15, 0.2) is 37.2 Å². The highest BCUT2D eigenvalue weighted by atomic mass is 31.2. The molecule has 4 rings (SSSR count). The minimum Gasteiger partial charge on any atom is -0.746 e. The number of aliphatic hydroxyl groups excluding tert-OH is 2. The van der Waals surface area contributed by atoms with E-state index in [0.29, 0.717) is 11.2 Å². The molecule has 0 bridgehead atoms. The van der Waals surface area contributed by atoms with Gasteiger partial charge in [0.1, 0.15) is 30.2 Å².